The molecule has 2 fully saturated rings. The lowest BCUT2D eigenvalue weighted by Crippen LogP contribution is -2.48. The van der Waals surface area contributed by atoms with Gasteiger partial charge in [0.1, 0.15) is 24.6 Å². The topological polar surface area (TPSA) is 68.2 Å². The molecule has 76 valence electrons. The number of rotatable bonds is 1. The molecule has 0 aromatic rings. The molecule has 5 nitrogen and oxygen atoms in total. The van der Waals surface area contributed by atoms with Crippen LogP contribution in [0.25, 0.3) is 0 Å². The molecule has 0 radical (unpaired) electrons. The van der Waals surface area contributed by atoms with E-state index in [9.17, 15) is 5.11 Å². The van der Waals surface area contributed by atoms with Crippen molar-refractivity contribution in [2.75, 3.05) is 20.0 Å². The summed E-state index contributed by atoms with van der Waals surface area (Å²) in [7, 11) is 0. The van der Waals surface area contributed by atoms with Crippen molar-refractivity contribution in [3.8, 4) is 0 Å². The average molecular weight is 190 g/mol. The zero-order valence-electron chi connectivity index (χ0n) is 7.47. The number of aliphatic hydroxyl groups is 2. The first kappa shape index (κ1) is 9.36. The molecule has 0 aromatic heterocycles. The van der Waals surface area contributed by atoms with Gasteiger partial charge in [-0.2, -0.15) is 0 Å². The summed E-state index contributed by atoms with van der Waals surface area (Å²) in [6.45, 7) is 1.89. The van der Waals surface area contributed by atoms with Gasteiger partial charge in [0.25, 0.3) is 0 Å². The third-order valence-corrected chi connectivity index (χ3v) is 2.69. The van der Waals surface area contributed by atoms with E-state index in [0.717, 1.165) is 0 Å². The van der Waals surface area contributed by atoms with Gasteiger partial charge in [-0.25, -0.2) is 0 Å². The molecular weight excluding hydrogens is 176 g/mol. The predicted octanol–water partition coefficient (Wildman–Crippen LogP) is -1.13. The van der Waals surface area contributed by atoms with Crippen molar-refractivity contribution >= 4 is 0 Å². The second-order valence-electron chi connectivity index (χ2n) is 3.59. The third kappa shape index (κ3) is 1.28. The molecule has 0 unspecified atom stereocenters. The zero-order chi connectivity index (χ0) is 9.47. The molecule has 2 heterocycles. The van der Waals surface area contributed by atoms with E-state index in [2.05, 4.69) is 0 Å². The van der Waals surface area contributed by atoms with Gasteiger partial charge in [-0.05, 0) is 6.92 Å². The smallest absolute Gasteiger partial charge is 0.147 e. The summed E-state index contributed by atoms with van der Waals surface area (Å²) < 4.78 is 15.8. The molecule has 2 aliphatic heterocycles. The molecule has 2 aliphatic rings. The molecule has 0 aliphatic carbocycles. The fourth-order valence-electron chi connectivity index (χ4n) is 1.93. The van der Waals surface area contributed by atoms with Gasteiger partial charge in [0.15, 0.2) is 0 Å². The monoisotopic (exact) mass is 190 g/mol. The highest BCUT2D eigenvalue weighted by molar-refractivity contribution is 5.02. The van der Waals surface area contributed by atoms with Crippen LogP contribution in [0.2, 0.25) is 0 Å². The van der Waals surface area contributed by atoms with Crippen LogP contribution in [-0.4, -0.2) is 54.1 Å². The van der Waals surface area contributed by atoms with E-state index < -0.39 is 17.8 Å². The Kier molecular flexibility index (Phi) is 2.29. The highest BCUT2D eigenvalue weighted by atomic mass is 16.7. The molecule has 2 rings (SSSR count). The van der Waals surface area contributed by atoms with Crippen molar-refractivity contribution in [3.05, 3.63) is 0 Å². The Morgan fingerprint density at radius 1 is 1.54 bits per heavy atom. The number of fused-ring (bicyclic) bond motifs is 2. The summed E-state index contributed by atoms with van der Waals surface area (Å²) in [5.41, 5.74) is -0.986. The summed E-state index contributed by atoms with van der Waals surface area (Å²) in [6.07, 6.45) is -1.41. The third-order valence-electron chi connectivity index (χ3n) is 2.69. The molecule has 0 aromatic carbocycles. The summed E-state index contributed by atoms with van der Waals surface area (Å²) in [4.78, 5) is 0. The van der Waals surface area contributed by atoms with E-state index >= 15 is 0 Å². The molecule has 0 amide bonds. The maximum Gasteiger partial charge on any atom is 0.147 e. The zero-order valence-corrected chi connectivity index (χ0v) is 7.47. The van der Waals surface area contributed by atoms with Crippen LogP contribution in [0.4, 0.5) is 0 Å². The Balaban J connectivity index is 2.24. The first-order chi connectivity index (χ1) is 6.19. The molecule has 4 atom stereocenters. The second-order valence-corrected chi connectivity index (χ2v) is 3.59. The van der Waals surface area contributed by atoms with Crippen LogP contribution in [0.5, 0.6) is 0 Å². The molecule has 0 spiro atoms. The van der Waals surface area contributed by atoms with E-state index in [4.69, 9.17) is 19.3 Å². The van der Waals surface area contributed by atoms with Crippen LogP contribution < -0.4 is 0 Å². The Morgan fingerprint density at radius 2 is 2.31 bits per heavy atom. The van der Waals surface area contributed by atoms with Crippen LogP contribution >= 0.6 is 0 Å². The highest BCUT2D eigenvalue weighted by Gasteiger charge is 2.55. The molecule has 5 heteroatoms. The second kappa shape index (κ2) is 3.18. The van der Waals surface area contributed by atoms with Crippen LogP contribution in [0.1, 0.15) is 6.92 Å². The Morgan fingerprint density at radius 3 is 3.00 bits per heavy atom. The summed E-state index contributed by atoms with van der Waals surface area (Å²) in [5, 5.41) is 19.0. The molecule has 2 N–H and O–H groups in total. The minimum atomic E-state index is -0.986. The quantitative estimate of drug-likeness (QED) is 0.547. The van der Waals surface area contributed by atoms with Crippen LogP contribution in [0, 0.1) is 0 Å². The average Bonchev–Trinajstić information content (AvgIpc) is 2.26. The standard InChI is InChI=1S/C8H14O5/c1-5-6-7(10)8(2-9,13-5)3-11-4-12-6/h5-7,9-10H,2-4H2,1H3/t5-,6+,7-,8-/m0/s1. The van der Waals surface area contributed by atoms with Gasteiger partial charge in [0, 0.05) is 0 Å². The fraction of sp³-hybridized carbons (Fsp3) is 1.00. The number of hydrogen-bond donors (Lipinski definition) is 2. The van der Waals surface area contributed by atoms with Gasteiger partial charge in [0.05, 0.1) is 19.3 Å². The fourth-order valence-corrected chi connectivity index (χ4v) is 1.93. The lowest BCUT2D eigenvalue weighted by Gasteiger charge is -2.27. The van der Waals surface area contributed by atoms with Gasteiger partial charge in [0.2, 0.25) is 0 Å². The molecule has 13 heavy (non-hydrogen) atoms. The SMILES string of the molecule is C[C@@H]1O[C@@]2(CO)COCO[C@H]1[C@@H]2O. The van der Waals surface area contributed by atoms with Crippen LogP contribution in [0.3, 0.4) is 0 Å². The predicted molar refractivity (Wildman–Crippen MR) is 42.1 cm³/mol. The lowest BCUT2D eigenvalue weighted by molar-refractivity contribution is -0.175. The number of ether oxygens (including phenoxy) is 3. The van der Waals surface area contributed by atoms with E-state index in [0.29, 0.717) is 0 Å². The number of aliphatic hydroxyl groups excluding tert-OH is 2. The van der Waals surface area contributed by atoms with E-state index in [1.165, 1.54) is 0 Å². The molecule has 2 bridgehead atoms. The Labute approximate surface area is 76.2 Å². The number of hydrogen-bond acceptors (Lipinski definition) is 5. The van der Waals surface area contributed by atoms with Crippen molar-refractivity contribution in [1.29, 1.82) is 0 Å². The van der Waals surface area contributed by atoms with Crippen molar-refractivity contribution in [3.63, 3.8) is 0 Å². The maximum absolute atomic E-state index is 9.82. The van der Waals surface area contributed by atoms with Crippen LogP contribution in [0.15, 0.2) is 0 Å². The van der Waals surface area contributed by atoms with E-state index in [1.54, 1.807) is 0 Å². The minimum Gasteiger partial charge on any atom is -0.393 e. The van der Waals surface area contributed by atoms with Crippen molar-refractivity contribution < 1.29 is 24.4 Å². The van der Waals surface area contributed by atoms with Gasteiger partial charge in [-0.1, -0.05) is 0 Å². The summed E-state index contributed by atoms with van der Waals surface area (Å²) in [6, 6.07) is 0. The van der Waals surface area contributed by atoms with Gasteiger partial charge < -0.3 is 24.4 Å². The largest absolute Gasteiger partial charge is 0.393 e. The van der Waals surface area contributed by atoms with Crippen molar-refractivity contribution in [2.24, 2.45) is 0 Å². The first-order valence-electron chi connectivity index (χ1n) is 4.36. The van der Waals surface area contributed by atoms with Gasteiger partial charge in [-0.15, -0.1) is 0 Å². The Hall–Kier alpha value is -0.200. The molecule has 0 saturated carbocycles. The molecule has 2 saturated heterocycles. The van der Waals surface area contributed by atoms with Gasteiger partial charge >= 0.3 is 0 Å². The van der Waals surface area contributed by atoms with Gasteiger partial charge in [-0.3, -0.25) is 0 Å². The minimum absolute atomic E-state index is 0.150. The van der Waals surface area contributed by atoms with Crippen molar-refractivity contribution in [1.82, 2.24) is 0 Å². The van der Waals surface area contributed by atoms with Crippen molar-refractivity contribution in [2.45, 2.75) is 30.8 Å². The summed E-state index contributed by atoms with van der Waals surface area (Å²) in [5.74, 6) is 0. The highest BCUT2D eigenvalue weighted by Crippen LogP contribution is 2.34. The van der Waals surface area contributed by atoms with Crippen LogP contribution in [-0.2, 0) is 14.2 Å². The first-order valence-corrected chi connectivity index (χ1v) is 4.36. The normalized spacial score (nSPS) is 50.5. The Bertz CT molecular complexity index is 197. The maximum atomic E-state index is 9.82. The molecular formula is C8H14O5. The lowest BCUT2D eigenvalue weighted by atomic mass is 9.96. The van der Waals surface area contributed by atoms with E-state index in [-0.39, 0.29) is 26.1 Å². The summed E-state index contributed by atoms with van der Waals surface area (Å²) >= 11 is 0. The van der Waals surface area contributed by atoms with E-state index in [1.807, 2.05) is 6.92 Å².